The zero-order valence-electron chi connectivity index (χ0n) is 17.0. The van der Waals surface area contributed by atoms with Gasteiger partial charge in [-0.25, -0.2) is 0 Å². The molecule has 29 heavy (non-hydrogen) atoms. The number of aryl methyl sites for hydroxylation is 4. The molecule has 1 aromatic carbocycles. The van der Waals surface area contributed by atoms with E-state index in [1.165, 1.54) is 0 Å². The minimum Gasteiger partial charge on any atom is -0.360 e. The first kappa shape index (κ1) is 19.1. The Kier molecular flexibility index (Phi) is 4.62. The van der Waals surface area contributed by atoms with E-state index in [4.69, 9.17) is 16.7 Å². The lowest BCUT2D eigenvalue weighted by molar-refractivity contribution is -0.113. The minimum absolute atomic E-state index is 0.163. The Morgan fingerprint density at radius 2 is 1.86 bits per heavy atom. The maximum Gasteiger partial charge on any atom is 0.281 e. The first-order valence-electron chi connectivity index (χ1n) is 9.33. The molecule has 1 fully saturated rings. The number of carbonyl (C=O) groups is 1. The summed E-state index contributed by atoms with van der Waals surface area (Å²) in [4.78, 5) is 14.7. The van der Waals surface area contributed by atoms with E-state index in [0.717, 1.165) is 45.3 Å². The first-order chi connectivity index (χ1) is 13.8. The zero-order chi connectivity index (χ0) is 20.9. The van der Waals surface area contributed by atoms with Crippen molar-refractivity contribution in [2.45, 2.75) is 34.6 Å². The van der Waals surface area contributed by atoms with E-state index in [-0.39, 0.29) is 5.91 Å². The summed E-state index contributed by atoms with van der Waals surface area (Å²) in [5, 5.41) is 7.56. The third-order valence-electron chi connectivity index (χ3n) is 5.09. The largest absolute Gasteiger partial charge is 0.360 e. The van der Waals surface area contributed by atoms with Gasteiger partial charge >= 0.3 is 0 Å². The van der Waals surface area contributed by atoms with Gasteiger partial charge in [0.25, 0.3) is 5.91 Å². The van der Waals surface area contributed by atoms with Gasteiger partial charge in [0, 0.05) is 17.5 Å². The zero-order valence-corrected chi connectivity index (χ0v) is 17.8. The molecule has 0 saturated carbocycles. The normalized spacial score (nSPS) is 15.5. The van der Waals surface area contributed by atoms with Crippen LogP contribution in [0.1, 0.15) is 33.8 Å². The number of anilines is 1. The third-order valence-corrected chi connectivity index (χ3v) is 5.37. The van der Waals surface area contributed by atoms with Crippen LogP contribution in [0.4, 0.5) is 5.69 Å². The van der Waals surface area contributed by atoms with Crippen molar-refractivity contribution in [3.05, 3.63) is 69.9 Å². The molecule has 1 aliphatic heterocycles. The number of benzene rings is 1. The molecule has 3 aromatic rings. The number of aromatic nitrogens is 2. The fourth-order valence-electron chi connectivity index (χ4n) is 3.71. The lowest BCUT2D eigenvalue weighted by Gasteiger charge is -2.17. The highest BCUT2D eigenvalue weighted by atomic mass is 32.1. The predicted octanol–water partition coefficient (Wildman–Crippen LogP) is 4.27. The highest BCUT2D eigenvalue weighted by molar-refractivity contribution is 7.80. The monoisotopic (exact) mass is 406 g/mol. The van der Waals surface area contributed by atoms with Crippen LogP contribution in [-0.2, 0) is 4.79 Å². The Hall–Kier alpha value is -3.19. The quantitative estimate of drug-likeness (QED) is 0.520. The molecule has 148 valence electrons. The van der Waals surface area contributed by atoms with E-state index >= 15 is 0 Å². The summed E-state index contributed by atoms with van der Waals surface area (Å²) in [6, 6.07) is 9.85. The van der Waals surface area contributed by atoms with Gasteiger partial charge in [0.1, 0.15) is 11.5 Å². The summed E-state index contributed by atoms with van der Waals surface area (Å²) < 4.78 is 7.21. The number of nitrogens with zero attached hydrogens (tertiary/aromatic N) is 3. The fourth-order valence-corrected chi connectivity index (χ4v) is 4.00. The Morgan fingerprint density at radius 3 is 2.52 bits per heavy atom. The topological polar surface area (TPSA) is 63.3 Å². The minimum atomic E-state index is -0.163. The van der Waals surface area contributed by atoms with Crippen molar-refractivity contribution >= 4 is 35.0 Å². The maximum atomic E-state index is 13.1. The molecule has 1 saturated heterocycles. The number of hydrogen-bond donors (Lipinski definition) is 1. The van der Waals surface area contributed by atoms with E-state index in [9.17, 15) is 4.79 Å². The van der Waals surface area contributed by atoms with Crippen molar-refractivity contribution in [3.63, 3.8) is 0 Å². The molecule has 1 amide bonds. The van der Waals surface area contributed by atoms with Crippen molar-refractivity contribution < 1.29 is 9.32 Å². The van der Waals surface area contributed by atoms with Crippen molar-refractivity contribution in [2.75, 3.05) is 4.90 Å². The lowest BCUT2D eigenvalue weighted by Crippen LogP contribution is -2.30. The number of nitrogens with one attached hydrogen (secondary N) is 1. The fraction of sp³-hybridized carbons (Fsp3) is 0.227. The number of hydrogen-bond acceptors (Lipinski definition) is 4. The van der Waals surface area contributed by atoms with Gasteiger partial charge in [-0.3, -0.25) is 14.3 Å². The molecule has 2 aromatic heterocycles. The van der Waals surface area contributed by atoms with Crippen LogP contribution in [0.3, 0.4) is 0 Å². The Balaban J connectivity index is 1.71. The van der Waals surface area contributed by atoms with Crippen molar-refractivity contribution in [2.24, 2.45) is 0 Å². The number of carbonyl (C=O) groups excluding carboxylic acids is 1. The standard InChI is InChI=1S/C22H22N4O2S/c1-12-6-7-19(13(2)8-12)26-21(27)18(23-22(26)29)11-17-9-14(3)25(16(17)5)20-10-15(4)28-24-20/h6-11H,1-5H3,(H,23,29)/b18-11-. The molecular weight excluding hydrogens is 384 g/mol. The van der Waals surface area contributed by atoms with Crippen molar-refractivity contribution in [1.29, 1.82) is 0 Å². The van der Waals surface area contributed by atoms with Gasteiger partial charge in [-0.2, -0.15) is 0 Å². The molecule has 0 spiro atoms. The summed E-state index contributed by atoms with van der Waals surface area (Å²) in [5.41, 5.74) is 6.28. The van der Waals surface area contributed by atoms with Crippen LogP contribution in [0.5, 0.6) is 0 Å². The number of thiocarbonyl (C=S) groups is 1. The van der Waals surface area contributed by atoms with Crippen LogP contribution in [-0.4, -0.2) is 20.7 Å². The van der Waals surface area contributed by atoms with Crippen LogP contribution >= 0.6 is 12.2 Å². The van der Waals surface area contributed by atoms with Crippen LogP contribution in [0.2, 0.25) is 0 Å². The van der Waals surface area contributed by atoms with Crippen molar-refractivity contribution in [3.8, 4) is 5.82 Å². The molecule has 0 radical (unpaired) electrons. The van der Waals surface area contributed by atoms with E-state index in [0.29, 0.717) is 10.8 Å². The molecule has 3 heterocycles. The predicted molar refractivity (Wildman–Crippen MR) is 117 cm³/mol. The summed E-state index contributed by atoms with van der Waals surface area (Å²) in [5.74, 6) is 1.30. The molecule has 0 unspecified atom stereocenters. The van der Waals surface area contributed by atoms with E-state index in [1.807, 2.05) is 75.6 Å². The summed E-state index contributed by atoms with van der Waals surface area (Å²) in [6.07, 6.45) is 1.84. The molecule has 0 aliphatic carbocycles. The second kappa shape index (κ2) is 7.00. The van der Waals surface area contributed by atoms with Gasteiger partial charge in [-0.15, -0.1) is 0 Å². The van der Waals surface area contributed by atoms with E-state index < -0.39 is 0 Å². The molecule has 7 heteroatoms. The van der Waals surface area contributed by atoms with Crippen LogP contribution < -0.4 is 10.2 Å². The number of rotatable bonds is 3. The third kappa shape index (κ3) is 3.27. The van der Waals surface area contributed by atoms with E-state index in [1.54, 1.807) is 4.90 Å². The van der Waals surface area contributed by atoms with Crippen molar-refractivity contribution in [1.82, 2.24) is 15.0 Å². The van der Waals surface area contributed by atoms with E-state index in [2.05, 4.69) is 10.5 Å². The SMILES string of the molecule is Cc1ccc(N2C(=O)/C(=C/c3cc(C)n(-c4cc(C)on4)c3C)NC2=S)c(C)c1. The second-order valence-corrected chi connectivity index (χ2v) is 7.76. The molecule has 0 bridgehead atoms. The van der Waals surface area contributed by atoms with Gasteiger partial charge in [0.15, 0.2) is 10.9 Å². The van der Waals surface area contributed by atoms with Gasteiger partial charge in [0.2, 0.25) is 0 Å². The Morgan fingerprint density at radius 1 is 1.10 bits per heavy atom. The molecule has 4 rings (SSSR count). The number of amides is 1. The summed E-state index contributed by atoms with van der Waals surface area (Å²) >= 11 is 5.45. The molecule has 1 N–H and O–H groups in total. The maximum absolute atomic E-state index is 13.1. The second-order valence-electron chi connectivity index (χ2n) is 7.38. The van der Waals surface area contributed by atoms with Crippen LogP contribution in [0, 0.1) is 34.6 Å². The molecule has 6 nitrogen and oxygen atoms in total. The van der Waals surface area contributed by atoms with Gasteiger partial charge < -0.3 is 9.84 Å². The first-order valence-corrected chi connectivity index (χ1v) is 9.74. The highest BCUT2D eigenvalue weighted by Gasteiger charge is 2.33. The Labute approximate surface area is 174 Å². The molecular formula is C22H22N4O2S. The van der Waals surface area contributed by atoms with Gasteiger partial charge in [0.05, 0.1) is 5.69 Å². The average molecular weight is 407 g/mol. The molecule has 1 aliphatic rings. The van der Waals surface area contributed by atoms with Crippen LogP contribution in [0.15, 0.2) is 40.6 Å². The lowest BCUT2D eigenvalue weighted by atomic mass is 10.1. The van der Waals surface area contributed by atoms with Gasteiger partial charge in [-0.05, 0) is 76.2 Å². The summed E-state index contributed by atoms with van der Waals surface area (Å²) in [7, 11) is 0. The van der Waals surface area contributed by atoms with Crippen LogP contribution in [0.25, 0.3) is 11.9 Å². The summed E-state index contributed by atoms with van der Waals surface area (Å²) in [6.45, 7) is 9.85. The average Bonchev–Trinajstić information content (AvgIpc) is 3.27. The highest BCUT2D eigenvalue weighted by Crippen LogP contribution is 2.28. The van der Waals surface area contributed by atoms with Gasteiger partial charge in [-0.1, -0.05) is 22.9 Å². The molecule has 0 atom stereocenters. The Bertz CT molecular complexity index is 1190. The smallest absolute Gasteiger partial charge is 0.281 e.